The first-order valence-corrected chi connectivity index (χ1v) is 8.14. The van der Waals surface area contributed by atoms with Gasteiger partial charge in [-0.15, -0.1) is 0 Å². The Kier molecular flexibility index (Phi) is 3.52. The number of aromatic amines is 1. The quantitative estimate of drug-likeness (QED) is 0.745. The van der Waals surface area contributed by atoms with E-state index in [1.165, 1.54) is 11.1 Å². The minimum Gasteiger partial charge on any atom is -0.305 e. The van der Waals surface area contributed by atoms with E-state index >= 15 is 0 Å². The van der Waals surface area contributed by atoms with Crippen molar-refractivity contribution >= 4 is 16.8 Å². The van der Waals surface area contributed by atoms with E-state index in [9.17, 15) is 14.4 Å². The Balaban J connectivity index is 1.69. The van der Waals surface area contributed by atoms with E-state index in [4.69, 9.17) is 0 Å². The number of carbonyl (C=O) groups is 1. The van der Waals surface area contributed by atoms with Gasteiger partial charge in [0.05, 0.1) is 16.6 Å². The standard InChI is InChI=1S/C17H17N5O3/c1-21-14(9-13(19-21)10-5-4-6-10)15(23)20-22-16(24)11-7-2-3-8-12(11)18-17(22)25/h2-3,7-10H,4-6H2,1H3,(H,18,25)(H,20,23). The van der Waals surface area contributed by atoms with Crippen molar-refractivity contribution in [3.8, 4) is 0 Å². The second kappa shape index (κ2) is 5.73. The minimum absolute atomic E-state index is 0.307. The first-order valence-electron chi connectivity index (χ1n) is 8.14. The Morgan fingerprint density at radius 2 is 2.04 bits per heavy atom. The average molecular weight is 339 g/mol. The Morgan fingerprint density at radius 1 is 1.28 bits per heavy atom. The lowest BCUT2D eigenvalue weighted by Gasteiger charge is -2.22. The van der Waals surface area contributed by atoms with Gasteiger partial charge in [-0.05, 0) is 31.0 Å². The molecule has 0 spiro atoms. The predicted octanol–water partition coefficient (Wildman–Crippen LogP) is 1.07. The molecular weight excluding hydrogens is 322 g/mol. The van der Waals surface area contributed by atoms with Crippen LogP contribution in [0.4, 0.5) is 0 Å². The molecule has 2 heterocycles. The van der Waals surface area contributed by atoms with Gasteiger partial charge in [-0.3, -0.25) is 19.7 Å². The van der Waals surface area contributed by atoms with E-state index in [1.54, 1.807) is 37.4 Å². The number of hydrogen-bond acceptors (Lipinski definition) is 4. The molecule has 1 aliphatic carbocycles. The molecule has 0 bridgehead atoms. The summed E-state index contributed by atoms with van der Waals surface area (Å²) in [7, 11) is 1.67. The highest BCUT2D eigenvalue weighted by molar-refractivity contribution is 5.98. The zero-order chi connectivity index (χ0) is 17.6. The van der Waals surface area contributed by atoms with Crippen LogP contribution in [0.25, 0.3) is 10.9 Å². The molecule has 1 aromatic carbocycles. The van der Waals surface area contributed by atoms with E-state index < -0.39 is 17.2 Å². The van der Waals surface area contributed by atoms with Crippen molar-refractivity contribution < 1.29 is 4.79 Å². The number of para-hydroxylation sites is 1. The maximum absolute atomic E-state index is 12.5. The first-order chi connectivity index (χ1) is 12.0. The number of benzene rings is 1. The summed E-state index contributed by atoms with van der Waals surface area (Å²) in [5.74, 6) is -0.164. The van der Waals surface area contributed by atoms with Crippen molar-refractivity contribution in [1.29, 1.82) is 0 Å². The highest BCUT2D eigenvalue weighted by atomic mass is 16.2. The number of aromatic nitrogens is 4. The Bertz CT molecular complexity index is 1090. The number of hydrogen-bond donors (Lipinski definition) is 2. The zero-order valence-electron chi connectivity index (χ0n) is 13.7. The van der Waals surface area contributed by atoms with Crippen LogP contribution in [0.1, 0.15) is 41.4 Å². The SMILES string of the molecule is Cn1nc(C2CCC2)cc1C(=O)Nn1c(=O)[nH]c2ccccc2c1=O. The second-order valence-corrected chi connectivity index (χ2v) is 6.26. The van der Waals surface area contributed by atoms with Crippen molar-refractivity contribution in [3.63, 3.8) is 0 Å². The predicted molar refractivity (Wildman–Crippen MR) is 92.3 cm³/mol. The van der Waals surface area contributed by atoms with Gasteiger partial charge in [0, 0.05) is 13.0 Å². The number of rotatable bonds is 3. The molecule has 2 aromatic heterocycles. The number of aryl methyl sites for hydroxylation is 1. The van der Waals surface area contributed by atoms with Crippen LogP contribution < -0.4 is 16.7 Å². The van der Waals surface area contributed by atoms with Crippen molar-refractivity contribution in [1.82, 2.24) is 19.4 Å². The average Bonchev–Trinajstić information content (AvgIpc) is 2.91. The summed E-state index contributed by atoms with van der Waals surface area (Å²) in [6.07, 6.45) is 3.31. The lowest BCUT2D eigenvalue weighted by Crippen LogP contribution is -2.44. The van der Waals surface area contributed by atoms with Crippen molar-refractivity contribution in [2.24, 2.45) is 7.05 Å². The summed E-state index contributed by atoms with van der Waals surface area (Å²) in [5.41, 5.74) is 2.71. The van der Waals surface area contributed by atoms with Crippen LogP contribution in [0.3, 0.4) is 0 Å². The molecule has 8 nitrogen and oxygen atoms in total. The van der Waals surface area contributed by atoms with Crippen LogP contribution in [0.15, 0.2) is 39.9 Å². The molecule has 2 N–H and O–H groups in total. The second-order valence-electron chi connectivity index (χ2n) is 6.26. The van der Waals surface area contributed by atoms with Crippen LogP contribution >= 0.6 is 0 Å². The summed E-state index contributed by atoms with van der Waals surface area (Å²) >= 11 is 0. The fraction of sp³-hybridized carbons (Fsp3) is 0.294. The van der Waals surface area contributed by atoms with Crippen LogP contribution in [-0.2, 0) is 7.05 Å². The van der Waals surface area contributed by atoms with Crippen LogP contribution in [-0.4, -0.2) is 25.3 Å². The third kappa shape index (κ3) is 2.55. The molecule has 0 saturated heterocycles. The number of fused-ring (bicyclic) bond motifs is 1. The van der Waals surface area contributed by atoms with Gasteiger partial charge in [-0.1, -0.05) is 18.6 Å². The smallest absolute Gasteiger partial charge is 0.305 e. The zero-order valence-corrected chi connectivity index (χ0v) is 13.7. The number of amides is 1. The summed E-state index contributed by atoms with van der Waals surface area (Å²) in [6, 6.07) is 8.36. The highest BCUT2D eigenvalue weighted by Crippen LogP contribution is 2.35. The van der Waals surface area contributed by atoms with Gasteiger partial charge in [0.25, 0.3) is 11.5 Å². The molecule has 1 fully saturated rings. The molecule has 3 aromatic rings. The van der Waals surface area contributed by atoms with Crippen LogP contribution in [0, 0.1) is 0 Å². The van der Waals surface area contributed by atoms with E-state index in [-0.39, 0.29) is 0 Å². The van der Waals surface area contributed by atoms with E-state index in [0.29, 0.717) is 27.2 Å². The van der Waals surface area contributed by atoms with Gasteiger partial charge in [0.15, 0.2) is 0 Å². The van der Waals surface area contributed by atoms with Gasteiger partial charge in [-0.2, -0.15) is 9.77 Å². The number of H-pyrrole nitrogens is 1. The van der Waals surface area contributed by atoms with Crippen molar-refractivity contribution in [2.45, 2.75) is 25.2 Å². The Hall–Kier alpha value is -3.16. The Labute approximate surface area is 142 Å². The molecule has 4 rings (SSSR count). The molecule has 0 unspecified atom stereocenters. The summed E-state index contributed by atoms with van der Waals surface area (Å²) in [4.78, 5) is 39.7. The normalized spacial score (nSPS) is 14.4. The molecule has 1 amide bonds. The summed E-state index contributed by atoms with van der Waals surface area (Å²) < 4.78 is 2.17. The third-order valence-corrected chi connectivity index (χ3v) is 4.67. The van der Waals surface area contributed by atoms with Gasteiger partial charge >= 0.3 is 5.69 Å². The molecule has 1 aliphatic rings. The molecule has 8 heteroatoms. The molecule has 0 atom stereocenters. The topological polar surface area (TPSA) is 102 Å². The van der Waals surface area contributed by atoms with Crippen molar-refractivity contribution in [2.75, 3.05) is 5.43 Å². The minimum atomic E-state index is -0.696. The maximum atomic E-state index is 12.5. The summed E-state index contributed by atoms with van der Waals surface area (Å²) in [5, 5.41) is 4.69. The van der Waals surface area contributed by atoms with Crippen LogP contribution in [0.2, 0.25) is 0 Å². The van der Waals surface area contributed by atoms with E-state index in [1.807, 2.05) is 0 Å². The van der Waals surface area contributed by atoms with Gasteiger partial charge in [-0.25, -0.2) is 4.79 Å². The lowest BCUT2D eigenvalue weighted by molar-refractivity contribution is 0.0997. The number of carbonyl (C=O) groups excluding carboxylic acids is 1. The maximum Gasteiger partial charge on any atom is 0.348 e. The molecule has 0 radical (unpaired) electrons. The molecule has 25 heavy (non-hydrogen) atoms. The fourth-order valence-corrected chi connectivity index (χ4v) is 3.03. The number of nitrogens with one attached hydrogen (secondary N) is 2. The highest BCUT2D eigenvalue weighted by Gasteiger charge is 2.25. The van der Waals surface area contributed by atoms with Crippen LogP contribution in [0.5, 0.6) is 0 Å². The number of nitrogens with zero attached hydrogens (tertiary/aromatic N) is 3. The molecule has 128 valence electrons. The monoisotopic (exact) mass is 339 g/mol. The van der Waals surface area contributed by atoms with E-state index in [0.717, 1.165) is 18.5 Å². The third-order valence-electron chi connectivity index (χ3n) is 4.67. The summed E-state index contributed by atoms with van der Waals surface area (Å²) in [6.45, 7) is 0. The van der Waals surface area contributed by atoms with E-state index in [2.05, 4.69) is 15.5 Å². The fourth-order valence-electron chi connectivity index (χ4n) is 3.03. The largest absolute Gasteiger partial charge is 0.348 e. The van der Waals surface area contributed by atoms with Gasteiger partial charge in [0.1, 0.15) is 5.69 Å². The molecule has 1 saturated carbocycles. The van der Waals surface area contributed by atoms with Crippen molar-refractivity contribution in [3.05, 3.63) is 62.6 Å². The lowest BCUT2D eigenvalue weighted by atomic mass is 9.83. The Morgan fingerprint density at radius 3 is 2.76 bits per heavy atom. The molecular formula is C17H17N5O3. The van der Waals surface area contributed by atoms with Gasteiger partial charge in [0.2, 0.25) is 0 Å². The van der Waals surface area contributed by atoms with Gasteiger partial charge < -0.3 is 4.98 Å². The molecule has 0 aliphatic heterocycles. The first kappa shape index (κ1) is 15.4.